The highest BCUT2D eigenvalue weighted by molar-refractivity contribution is 14.1. The van der Waals surface area contributed by atoms with Crippen LogP contribution in [0.3, 0.4) is 0 Å². The SMILES string of the molecule is CCC(C)N(CC)CC(=O)c1ccc(I)cc1. The Kier molecular flexibility index (Phi) is 6.12. The van der Waals surface area contributed by atoms with E-state index >= 15 is 0 Å². The number of nitrogens with zero attached hydrogens (tertiary/aromatic N) is 1. The van der Waals surface area contributed by atoms with E-state index in [1.807, 2.05) is 24.3 Å². The summed E-state index contributed by atoms with van der Waals surface area (Å²) in [5.41, 5.74) is 0.812. The molecule has 1 aromatic rings. The van der Waals surface area contributed by atoms with Crippen molar-refractivity contribution in [2.75, 3.05) is 13.1 Å². The summed E-state index contributed by atoms with van der Waals surface area (Å²) in [6, 6.07) is 8.25. The molecule has 3 heteroatoms. The van der Waals surface area contributed by atoms with Gasteiger partial charge < -0.3 is 0 Å². The lowest BCUT2D eigenvalue weighted by molar-refractivity contribution is 0.0902. The minimum atomic E-state index is 0.212. The monoisotopic (exact) mass is 345 g/mol. The molecule has 0 N–H and O–H groups in total. The molecule has 1 aromatic carbocycles. The van der Waals surface area contributed by atoms with Crippen molar-refractivity contribution in [2.45, 2.75) is 33.2 Å². The molecule has 0 spiro atoms. The third kappa shape index (κ3) is 4.39. The topological polar surface area (TPSA) is 20.3 Å². The molecule has 0 aliphatic rings. The molecule has 0 saturated heterocycles. The molecule has 0 aromatic heterocycles. The van der Waals surface area contributed by atoms with Gasteiger partial charge in [-0.1, -0.05) is 26.0 Å². The number of rotatable bonds is 6. The summed E-state index contributed by atoms with van der Waals surface area (Å²) in [6.45, 7) is 7.87. The predicted molar refractivity (Wildman–Crippen MR) is 80.5 cm³/mol. The van der Waals surface area contributed by atoms with E-state index in [0.717, 1.165) is 22.1 Å². The number of carbonyl (C=O) groups excluding carboxylic acids is 1. The van der Waals surface area contributed by atoms with Crippen LogP contribution < -0.4 is 0 Å². The molecule has 2 nitrogen and oxygen atoms in total. The fourth-order valence-electron chi connectivity index (χ4n) is 1.75. The summed E-state index contributed by atoms with van der Waals surface area (Å²) in [5, 5.41) is 0. The molecule has 1 unspecified atom stereocenters. The second-order valence-electron chi connectivity index (χ2n) is 4.25. The van der Waals surface area contributed by atoms with Gasteiger partial charge in [0.25, 0.3) is 0 Å². The van der Waals surface area contributed by atoms with Gasteiger partial charge in [-0.05, 0) is 54.6 Å². The van der Waals surface area contributed by atoms with Gasteiger partial charge in [-0.3, -0.25) is 9.69 Å². The van der Waals surface area contributed by atoms with Crippen LogP contribution in [0.2, 0.25) is 0 Å². The number of likely N-dealkylation sites (N-methyl/N-ethyl adjacent to an activating group) is 1. The Balaban J connectivity index is 2.67. The number of ketones is 1. The van der Waals surface area contributed by atoms with Crippen molar-refractivity contribution in [3.05, 3.63) is 33.4 Å². The number of benzene rings is 1. The van der Waals surface area contributed by atoms with Crippen molar-refractivity contribution in [3.63, 3.8) is 0 Å². The smallest absolute Gasteiger partial charge is 0.176 e. The highest BCUT2D eigenvalue weighted by Crippen LogP contribution is 2.10. The average molecular weight is 345 g/mol. The first kappa shape index (κ1) is 14.6. The summed E-state index contributed by atoms with van der Waals surface area (Å²) < 4.78 is 1.16. The van der Waals surface area contributed by atoms with E-state index in [-0.39, 0.29) is 5.78 Å². The van der Waals surface area contributed by atoms with Gasteiger partial charge >= 0.3 is 0 Å². The Morgan fingerprint density at radius 3 is 2.35 bits per heavy atom. The van der Waals surface area contributed by atoms with Crippen molar-refractivity contribution in [1.82, 2.24) is 4.90 Å². The van der Waals surface area contributed by atoms with Crippen LogP contribution in [-0.2, 0) is 0 Å². The molecular weight excluding hydrogens is 325 g/mol. The third-order valence-electron chi connectivity index (χ3n) is 3.13. The Bertz CT molecular complexity index is 361. The van der Waals surface area contributed by atoms with Gasteiger partial charge in [0.15, 0.2) is 5.78 Å². The van der Waals surface area contributed by atoms with Crippen molar-refractivity contribution >= 4 is 28.4 Å². The summed E-state index contributed by atoms with van der Waals surface area (Å²) in [7, 11) is 0. The second kappa shape index (κ2) is 7.11. The second-order valence-corrected chi connectivity index (χ2v) is 5.50. The number of carbonyl (C=O) groups is 1. The zero-order valence-electron chi connectivity index (χ0n) is 10.7. The molecule has 17 heavy (non-hydrogen) atoms. The molecule has 0 amide bonds. The van der Waals surface area contributed by atoms with Gasteiger partial charge in [0, 0.05) is 15.2 Å². The fraction of sp³-hybridized carbons (Fsp3) is 0.500. The van der Waals surface area contributed by atoms with Crippen LogP contribution in [0.15, 0.2) is 24.3 Å². The minimum Gasteiger partial charge on any atom is -0.293 e. The number of hydrogen-bond acceptors (Lipinski definition) is 2. The maximum atomic E-state index is 12.1. The standard InChI is InChI=1S/C14H20INO/c1-4-11(3)16(5-2)10-14(17)12-6-8-13(15)9-7-12/h6-9,11H,4-5,10H2,1-3H3. The maximum absolute atomic E-state index is 12.1. The highest BCUT2D eigenvalue weighted by Gasteiger charge is 2.15. The highest BCUT2D eigenvalue weighted by atomic mass is 127. The summed E-state index contributed by atoms with van der Waals surface area (Å²) >= 11 is 2.25. The van der Waals surface area contributed by atoms with E-state index in [1.54, 1.807) is 0 Å². The predicted octanol–water partition coefficient (Wildman–Crippen LogP) is 3.59. The lowest BCUT2D eigenvalue weighted by Crippen LogP contribution is -2.36. The first-order chi connectivity index (χ1) is 8.08. The van der Waals surface area contributed by atoms with E-state index in [1.165, 1.54) is 0 Å². The van der Waals surface area contributed by atoms with Crippen molar-refractivity contribution in [1.29, 1.82) is 0 Å². The van der Waals surface area contributed by atoms with E-state index < -0.39 is 0 Å². The average Bonchev–Trinajstić information content (AvgIpc) is 2.35. The Morgan fingerprint density at radius 2 is 1.88 bits per heavy atom. The zero-order chi connectivity index (χ0) is 12.8. The minimum absolute atomic E-state index is 0.212. The van der Waals surface area contributed by atoms with Crippen molar-refractivity contribution in [2.24, 2.45) is 0 Å². The molecule has 0 radical (unpaired) electrons. The fourth-order valence-corrected chi connectivity index (χ4v) is 2.11. The van der Waals surface area contributed by atoms with E-state index in [2.05, 4.69) is 48.3 Å². The van der Waals surface area contributed by atoms with Crippen LogP contribution in [0.1, 0.15) is 37.6 Å². The summed E-state index contributed by atoms with van der Waals surface area (Å²) in [4.78, 5) is 14.3. The summed E-state index contributed by atoms with van der Waals surface area (Å²) in [6.07, 6.45) is 1.08. The number of halogens is 1. The Hall–Kier alpha value is -0.420. The largest absolute Gasteiger partial charge is 0.293 e. The molecule has 1 rings (SSSR count). The van der Waals surface area contributed by atoms with Gasteiger partial charge in [-0.15, -0.1) is 0 Å². The van der Waals surface area contributed by atoms with Crippen LogP contribution in [0.5, 0.6) is 0 Å². The number of Topliss-reactive ketones (excluding diaryl/α,β-unsaturated/α-hetero) is 1. The molecule has 0 fully saturated rings. The van der Waals surface area contributed by atoms with Gasteiger partial charge in [0.1, 0.15) is 0 Å². The molecule has 0 heterocycles. The molecule has 94 valence electrons. The summed E-state index contributed by atoms with van der Waals surface area (Å²) in [5.74, 6) is 0.212. The molecule has 0 bridgehead atoms. The molecule has 1 atom stereocenters. The maximum Gasteiger partial charge on any atom is 0.176 e. The van der Waals surface area contributed by atoms with E-state index in [4.69, 9.17) is 0 Å². The van der Waals surface area contributed by atoms with Gasteiger partial charge in [0.05, 0.1) is 6.54 Å². The number of hydrogen-bond donors (Lipinski definition) is 0. The van der Waals surface area contributed by atoms with Crippen molar-refractivity contribution < 1.29 is 4.79 Å². The van der Waals surface area contributed by atoms with Gasteiger partial charge in [0.2, 0.25) is 0 Å². The van der Waals surface area contributed by atoms with E-state index in [9.17, 15) is 4.79 Å². The first-order valence-corrected chi connectivity index (χ1v) is 7.19. The Labute approximate surface area is 118 Å². The first-order valence-electron chi connectivity index (χ1n) is 6.11. The normalized spacial score (nSPS) is 12.8. The van der Waals surface area contributed by atoms with Crippen LogP contribution in [0, 0.1) is 3.57 Å². The van der Waals surface area contributed by atoms with E-state index in [0.29, 0.717) is 12.6 Å². The van der Waals surface area contributed by atoms with Crippen molar-refractivity contribution in [3.8, 4) is 0 Å². The lowest BCUT2D eigenvalue weighted by atomic mass is 10.1. The quantitative estimate of drug-likeness (QED) is 0.580. The zero-order valence-corrected chi connectivity index (χ0v) is 12.9. The molecule has 0 aliphatic heterocycles. The molecule has 0 saturated carbocycles. The third-order valence-corrected chi connectivity index (χ3v) is 3.85. The Morgan fingerprint density at radius 1 is 1.29 bits per heavy atom. The van der Waals surface area contributed by atoms with Crippen LogP contribution in [-0.4, -0.2) is 29.8 Å². The van der Waals surface area contributed by atoms with Gasteiger partial charge in [-0.25, -0.2) is 0 Å². The molecular formula is C14H20INO. The molecule has 0 aliphatic carbocycles. The van der Waals surface area contributed by atoms with Crippen LogP contribution >= 0.6 is 22.6 Å². The van der Waals surface area contributed by atoms with Crippen LogP contribution in [0.4, 0.5) is 0 Å². The van der Waals surface area contributed by atoms with Gasteiger partial charge in [-0.2, -0.15) is 0 Å². The lowest BCUT2D eigenvalue weighted by Gasteiger charge is -2.26. The van der Waals surface area contributed by atoms with Crippen LogP contribution in [0.25, 0.3) is 0 Å².